The predicted octanol–water partition coefficient (Wildman–Crippen LogP) is 6.11. The molecule has 170 valence electrons. The van der Waals surface area contributed by atoms with Gasteiger partial charge >= 0.3 is 0 Å². The Kier molecular flexibility index (Phi) is 4.78. The number of hydrogen-bond donors (Lipinski definition) is 0. The topological polar surface area (TPSA) is 60.2 Å². The highest BCUT2D eigenvalue weighted by Crippen LogP contribution is 2.68. The van der Waals surface area contributed by atoms with Crippen LogP contribution in [0.3, 0.4) is 0 Å². The van der Waals surface area contributed by atoms with Crippen molar-refractivity contribution in [1.82, 2.24) is 0 Å². The van der Waals surface area contributed by atoms with E-state index < -0.39 is 16.9 Å². The quantitative estimate of drug-likeness (QED) is 0.269. The van der Waals surface area contributed by atoms with Crippen LogP contribution in [0.4, 0.5) is 0 Å². The van der Waals surface area contributed by atoms with Gasteiger partial charge in [0, 0.05) is 11.3 Å². The van der Waals surface area contributed by atoms with Gasteiger partial charge in [-0.05, 0) is 33.4 Å². The third kappa shape index (κ3) is 2.77. The summed E-state index contributed by atoms with van der Waals surface area (Å²) >= 11 is 0. The Bertz CT molecular complexity index is 1450. The molecule has 4 aromatic rings. The average molecular weight is 458 g/mol. The highest BCUT2D eigenvalue weighted by Gasteiger charge is 2.76. The van der Waals surface area contributed by atoms with Gasteiger partial charge in [-0.2, -0.15) is 0 Å². The van der Waals surface area contributed by atoms with Gasteiger partial charge in [0.1, 0.15) is 5.41 Å². The molecule has 0 amide bonds. The standard InChI is InChI=1S/C31H23NO3/c33-29-30(24-17-9-3-10-18-24)21-26(32(34)35)31(29,25-19-11-4-12-20-25)28(23-15-7-2-8-16-23)27(30)22-13-5-1-6-14-22/h1-20,26H,21H2. The lowest BCUT2D eigenvalue weighted by Crippen LogP contribution is -2.45. The van der Waals surface area contributed by atoms with Crippen LogP contribution in [-0.4, -0.2) is 16.7 Å². The number of carbonyl (C=O) groups is 1. The molecule has 0 aromatic heterocycles. The second-order valence-corrected chi connectivity index (χ2v) is 9.26. The maximum Gasteiger partial charge on any atom is 0.235 e. The minimum atomic E-state index is -1.40. The maximum atomic E-state index is 14.9. The van der Waals surface area contributed by atoms with Crippen molar-refractivity contribution in [3.8, 4) is 0 Å². The van der Waals surface area contributed by atoms with Gasteiger partial charge < -0.3 is 0 Å². The van der Waals surface area contributed by atoms with Crippen LogP contribution >= 0.6 is 0 Å². The summed E-state index contributed by atoms with van der Waals surface area (Å²) in [7, 11) is 0. The van der Waals surface area contributed by atoms with E-state index in [4.69, 9.17) is 0 Å². The van der Waals surface area contributed by atoms with E-state index in [-0.39, 0.29) is 17.1 Å². The number of ketones is 1. The molecule has 2 aliphatic rings. The van der Waals surface area contributed by atoms with Crippen LogP contribution in [0.2, 0.25) is 0 Å². The lowest BCUT2D eigenvalue weighted by molar-refractivity contribution is -0.527. The molecule has 6 rings (SSSR count). The maximum absolute atomic E-state index is 14.9. The number of carbonyl (C=O) groups excluding carboxylic acids is 1. The Morgan fingerprint density at radius 2 is 1.06 bits per heavy atom. The van der Waals surface area contributed by atoms with Crippen LogP contribution in [0, 0.1) is 10.1 Å². The van der Waals surface area contributed by atoms with E-state index in [1.54, 1.807) is 0 Å². The van der Waals surface area contributed by atoms with Crippen LogP contribution in [0.5, 0.6) is 0 Å². The summed E-state index contributed by atoms with van der Waals surface area (Å²) < 4.78 is 0. The molecule has 2 bridgehead atoms. The Morgan fingerprint density at radius 3 is 1.54 bits per heavy atom. The summed E-state index contributed by atoms with van der Waals surface area (Å²) in [6.45, 7) is 0. The molecule has 0 aliphatic heterocycles. The molecular formula is C31H23NO3. The largest absolute Gasteiger partial charge is 0.297 e. The number of nitrogens with zero attached hydrogens (tertiary/aromatic N) is 1. The van der Waals surface area contributed by atoms with Crippen LogP contribution in [0.1, 0.15) is 28.7 Å². The molecule has 35 heavy (non-hydrogen) atoms. The second-order valence-electron chi connectivity index (χ2n) is 9.26. The monoisotopic (exact) mass is 457 g/mol. The zero-order chi connectivity index (χ0) is 24.0. The normalized spacial score (nSPS) is 25.1. The van der Waals surface area contributed by atoms with Crippen molar-refractivity contribution in [3.05, 3.63) is 154 Å². The van der Waals surface area contributed by atoms with E-state index in [1.807, 2.05) is 121 Å². The summed E-state index contributed by atoms with van der Waals surface area (Å²) in [4.78, 5) is 27.5. The molecule has 0 N–H and O–H groups in total. The molecule has 2 aliphatic carbocycles. The van der Waals surface area contributed by atoms with Gasteiger partial charge in [-0.1, -0.05) is 121 Å². The van der Waals surface area contributed by atoms with Gasteiger partial charge in [0.2, 0.25) is 6.04 Å². The number of Topliss-reactive ketones (excluding diaryl/α,β-unsaturated/α-hetero) is 1. The molecule has 4 nitrogen and oxygen atoms in total. The molecule has 0 saturated heterocycles. The summed E-state index contributed by atoms with van der Waals surface area (Å²) in [6.07, 6.45) is 0.123. The van der Waals surface area contributed by atoms with Gasteiger partial charge in [-0.25, -0.2) is 0 Å². The first-order chi connectivity index (χ1) is 17.1. The van der Waals surface area contributed by atoms with Crippen molar-refractivity contribution in [3.63, 3.8) is 0 Å². The Balaban J connectivity index is 1.83. The SMILES string of the molecule is O=C1C2(c3ccccc3)CC([N+](=O)[O-])C1(c1ccccc1)C(c1ccccc1)=C2c1ccccc1. The fraction of sp³-hybridized carbons (Fsp3) is 0.129. The molecule has 1 fully saturated rings. The number of rotatable bonds is 5. The molecular weight excluding hydrogens is 434 g/mol. The Labute approximate surface area is 203 Å². The van der Waals surface area contributed by atoms with Gasteiger partial charge in [0.15, 0.2) is 5.78 Å². The third-order valence-corrected chi connectivity index (χ3v) is 7.69. The van der Waals surface area contributed by atoms with Crippen LogP contribution in [-0.2, 0) is 15.6 Å². The minimum Gasteiger partial charge on any atom is -0.297 e. The van der Waals surface area contributed by atoms with Crippen molar-refractivity contribution >= 4 is 16.9 Å². The van der Waals surface area contributed by atoms with Gasteiger partial charge in [-0.15, -0.1) is 0 Å². The van der Waals surface area contributed by atoms with Crippen molar-refractivity contribution in [1.29, 1.82) is 0 Å². The first-order valence-electron chi connectivity index (χ1n) is 11.8. The van der Waals surface area contributed by atoms with Gasteiger partial charge in [0.05, 0.1) is 5.41 Å². The lowest BCUT2D eigenvalue weighted by atomic mass is 9.66. The van der Waals surface area contributed by atoms with E-state index in [9.17, 15) is 14.9 Å². The summed E-state index contributed by atoms with van der Waals surface area (Å²) in [5.41, 5.74) is 2.35. The first-order valence-corrected chi connectivity index (χ1v) is 11.8. The number of nitro groups is 1. The summed E-state index contributed by atoms with van der Waals surface area (Å²) in [6, 6.07) is 37.4. The minimum absolute atomic E-state index is 0.109. The molecule has 3 unspecified atom stereocenters. The number of fused-ring (bicyclic) bond motifs is 2. The predicted molar refractivity (Wildman–Crippen MR) is 136 cm³/mol. The molecule has 3 atom stereocenters. The molecule has 1 saturated carbocycles. The molecule has 0 spiro atoms. The van der Waals surface area contributed by atoms with Crippen molar-refractivity contribution < 1.29 is 9.72 Å². The smallest absolute Gasteiger partial charge is 0.235 e. The van der Waals surface area contributed by atoms with Crippen molar-refractivity contribution in [2.75, 3.05) is 0 Å². The first kappa shape index (κ1) is 21.2. The third-order valence-electron chi connectivity index (χ3n) is 7.69. The highest BCUT2D eigenvalue weighted by atomic mass is 16.6. The fourth-order valence-corrected chi connectivity index (χ4v) is 6.42. The lowest BCUT2D eigenvalue weighted by Gasteiger charge is -2.35. The van der Waals surface area contributed by atoms with E-state index in [0.29, 0.717) is 5.56 Å². The van der Waals surface area contributed by atoms with E-state index in [0.717, 1.165) is 27.8 Å². The molecule has 0 radical (unpaired) electrons. The number of hydrogen-bond acceptors (Lipinski definition) is 3. The van der Waals surface area contributed by atoms with Crippen molar-refractivity contribution in [2.45, 2.75) is 23.3 Å². The van der Waals surface area contributed by atoms with Crippen LogP contribution in [0.25, 0.3) is 11.1 Å². The van der Waals surface area contributed by atoms with E-state index >= 15 is 0 Å². The van der Waals surface area contributed by atoms with Crippen LogP contribution in [0.15, 0.2) is 121 Å². The number of benzene rings is 4. The van der Waals surface area contributed by atoms with Gasteiger partial charge in [0.25, 0.3) is 0 Å². The van der Waals surface area contributed by atoms with E-state index in [2.05, 4.69) is 0 Å². The fourth-order valence-electron chi connectivity index (χ4n) is 6.42. The molecule has 4 heteroatoms. The highest BCUT2D eigenvalue weighted by molar-refractivity contribution is 6.29. The zero-order valence-corrected chi connectivity index (χ0v) is 19.0. The summed E-state index contributed by atoms with van der Waals surface area (Å²) in [5.74, 6) is -0.109. The zero-order valence-electron chi connectivity index (χ0n) is 19.0. The van der Waals surface area contributed by atoms with Gasteiger partial charge in [-0.3, -0.25) is 14.9 Å². The Hall–Kier alpha value is -4.31. The van der Waals surface area contributed by atoms with Crippen molar-refractivity contribution in [2.24, 2.45) is 0 Å². The average Bonchev–Trinajstić information content (AvgIpc) is 3.33. The molecule has 0 heterocycles. The summed E-state index contributed by atoms with van der Waals surface area (Å²) in [5, 5.41) is 12.7. The second kappa shape index (κ2) is 7.88. The van der Waals surface area contributed by atoms with E-state index in [1.165, 1.54) is 0 Å². The molecule has 4 aromatic carbocycles. The Morgan fingerprint density at radius 1 is 0.629 bits per heavy atom. The van der Waals surface area contributed by atoms with Crippen LogP contribution < -0.4 is 0 Å². The number of allylic oxidation sites excluding steroid dienone is 1.